The lowest BCUT2D eigenvalue weighted by molar-refractivity contribution is 0.387. The molecule has 0 saturated carbocycles. The van der Waals surface area contributed by atoms with Gasteiger partial charge in [-0.25, -0.2) is 0 Å². The third-order valence-electron chi connectivity index (χ3n) is 1.67. The lowest BCUT2D eigenvalue weighted by Gasteiger charge is -2.08. The van der Waals surface area contributed by atoms with Crippen LogP contribution in [-0.4, -0.2) is 15.7 Å². The van der Waals surface area contributed by atoms with Crippen LogP contribution in [0.2, 0.25) is 0 Å². The zero-order valence-corrected chi connectivity index (χ0v) is 8.50. The third-order valence-corrected chi connectivity index (χ3v) is 2.92. The molecule has 0 radical (unpaired) electrons. The molecule has 0 amide bonds. The van der Waals surface area contributed by atoms with E-state index in [1.54, 1.807) is 18.2 Å². The number of alkyl halides is 1. The Morgan fingerprint density at radius 3 is 2.46 bits per heavy atom. The topological polar surface area (TPSA) is 57.5 Å². The Labute approximate surface area is 81.5 Å². The molecule has 0 aromatic heterocycles. The molecule has 0 aliphatic heterocycles. The van der Waals surface area contributed by atoms with Gasteiger partial charge in [0.1, 0.15) is 0 Å². The maximum atomic E-state index is 11.0. The molecule has 0 spiro atoms. The average Bonchev–Trinajstić information content (AvgIpc) is 2.04. The minimum Gasteiger partial charge on any atom is -0.321 e. The van der Waals surface area contributed by atoms with Crippen LogP contribution in [0.3, 0.4) is 0 Å². The van der Waals surface area contributed by atoms with Crippen molar-refractivity contribution >= 4 is 24.5 Å². The van der Waals surface area contributed by atoms with Gasteiger partial charge in [0.25, 0.3) is 0 Å². The van der Waals surface area contributed by atoms with Crippen LogP contribution >= 0.6 is 19.2 Å². The van der Waals surface area contributed by atoms with Gasteiger partial charge in [0, 0.05) is 5.88 Å². The average molecular weight is 221 g/mol. The van der Waals surface area contributed by atoms with Crippen molar-refractivity contribution in [2.24, 2.45) is 0 Å². The zero-order valence-electron chi connectivity index (χ0n) is 6.85. The van der Waals surface area contributed by atoms with E-state index >= 15 is 0 Å². The molecule has 72 valence electrons. The Bertz CT molecular complexity index is 334. The Morgan fingerprint density at radius 1 is 1.31 bits per heavy atom. The second-order valence-electron chi connectivity index (χ2n) is 2.61. The van der Waals surface area contributed by atoms with Gasteiger partial charge in [-0.05, 0) is 18.1 Å². The predicted molar refractivity (Wildman–Crippen MR) is 52.5 cm³/mol. The van der Waals surface area contributed by atoms with Crippen molar-refractivity contribution in [2.45, 2.75) is 6.42 Å². The second kappa shape index (κ2) is 4.25. The van der Waals surface area contributed by atoms with Crippen LogP contribution in [0.15, 0.2) is 24.3 Å². The second-order valence-corrected chi connectivity index (χ2v) is 4.56. The van der Waals surface area contributed by atoms with Crippen LogP contribution in [0.1, 0.15) is 5.56 Å². The largest absolute Gasteiger partial charge is 0.356 e. The van der Waals surface area contributed by atoms with Gasteiger partial charge in [-0.3, -0.25) is 4.57 Å². The molecule has 5 heteroatoms. The fraction of sp³-hybridized carbons (Fsp3) is 0.250. The summed E-state index contributed by atoms with van der Waals surface area (Å²) in [5.74, 6) is 0.358. The first kappa shape index (κ1) is 10.7. The van der Waals surface area contributed by atoms with Crippen molar-refractivity contribution in [1.29, 1.82) is 0 Å². The third kappa shape index (κ3) is 2.82. The first-order chi connectivity index (χ1) is 6.05. The number of hydrogen-bond donors (Lipinski definition) is 2. The van der Waals surface area contributed by atoms with Gasteiger partial charge in [0.15, 0.2) is 0 Å². The van der Waals surface area contributed by atoms with Gasteiger partial charge < -0.3 is 9.79 Å². The summed E-state index contributed by atoms with van der Waals surface area (Å²) in [6, 6.07) is 6.45. The first-order valence-electron chi connectivity index (χ1n) is 3.75. The normalized spacial score (nSPS) is 11.6. The molecule has 3 nitrogen and oxygen atoms in total. The smallest absolute Gasteiger partial charge is 0.321 e. The molecule has 0 aliphatic rings. The summed E-state index contributed by atoms with van der Waals surface area (Å²) in [7, 11) is -4.14. The summed E-state index contributed by atoms with van der Waals surface area (Å²) in [5.41, 5.74) is 0.617. The van der Waals surface area contributed by atoms with E-state index in [1.165, 1.54) is 6.07 Å². The fourth-order valence-corrected chi connectivity index (χ4v) is 2.15. The molecule has 0 unspecified atom stereocenters. The molecule has 13 heavy (non-hydrogen) atoms. The molecule has 0 saturated heterocycles. The van der Waals surface area contributed by atoms with Crippen LogP contribution in [-0.2, 0) is 11.0 Å². The molecule has 1 aromatic rings. The summed E-state index contributed by atoms with van der Waals surface area (Å²) in [6.07, 6.45) is 0.475. The van der Waals surface area contributed by atoms with E-state index in [9.17, 15) is 4.57 Å². The molecule has 0 fully saturated rings. The Kier molecular flexibility index (Phi) is 3.51. The van der Waals surface area contributed by atoms with Crippen molar-refractivity contribution in [3.05, 3.63) is 29.8 Å². The van der Waals surface area contributed by atoms with Crippen LogP contribution in [0, 0.1) is 0 Å². The van der Waals surface area contributed by atoms with Crippen molar-refractivity contribution < 1.29 is 14.4 Å². The molecular formula is C8H10ClO3P. The molecular weight excluding hydrogens is 211 g/mol. The van der Waals surface area contributed by atoms with E-state index in [0.29, 0.717) is 17.9 Å². The minimum absolute atomic E-state index is 0.0793. The van der Waals surface area contributed by atoms with E-state index in [4.69, 9.17) is 21.4 Å². The lowest BCUT2D eigenvalue weighted by Crippen LogP contribution is -2.10. The van der Waals surface area contributed by atoms with Gasteiger partial charge in [-0.2, -0.15) is 0 Å². The Morgan fingerprint density at radius 2 is 1.92 bits per heavy atom. The monoisotopic (exact) mass is 220 g/mol. The van der Waals surface area contributed by atoms with Crippen LogP contribution in [0.5, 0.6) is 0 Å². The standard InChI is InChI=1S/C8H10ClO3P/c9-6-5-7-3-1-2-4-8(7)13(10,11)12/h1-4H,5-6H2,(H2,10,11,12). The number of benzene rings is 1. The van der Waals surface area contributed by atoms with Gasteiger partial charge >= 0.3 is 7.60 Å². The number of halogens is 1. The highest BCUT2D eigenvalue weighted by molar-refractivity contribution is 7.60. The van der Waals surface area contributed by atoms with Gasteiger partial charge in [0.2, 0.25) is 0 Å². The van der Waals surface area contributed by atoms with E-state index < -0.39 is 7.60 Å². The highest BCUT2D eigenvalue weighted by atomic mass is 35.5. The number of hydrogen-bond acceptors (Lipinski definition) is 1. The Balaban J connectivity index is 3.12. The van der Waals surface area contributed by atoms with E-state index in [2.05, 4.69) is 0 Å². The number of rotatable bonds is 3. The summed E-state index contributed by atoms with van der Waals surface area (Å²) < 4.78 is 11.0. The maximum absolute atomic E-state index is 11.0. The highest BCUT2D eigenvalue weighted by Gasteiger charge is 2.19. The van der Waals surface area contributed by atoms with Crippen molar-refractivity contribution in [2.75, 3.05) is 5.88 Å². The lowest BCUT2D eigenvalue weighted by atomic mass is 10.2. The summed E-state index contributed by atoms with van der Waals surface area (Å²) in [5, 5.41) is 0.0793. The molecule has 1 rings (SSSR count). The fourth-order valence-electron chi connectivity index (χ4n) is 1.11. The summed E-state index contributed by atoms with van der Waals surface area (Å²) in [6.45, 7) is 0. The molecule has 0 atom stereocenters. The van der Waals surface area contributed by atoms with Crippen molar-refractivity contribution in [3.63, 3.8) is 0 Å². The zero-order chi connectivity index (χ0) is 9.90. The van der Waals surface area contributed by atoms with Crippen LogP contribution in [0.25, 0.3) is 0 Å². The van der Waals surface area contributed by atoms with Gasteiger partial charge in [0.05, 0.1) is 5.30 Å². The van der Waals surface area contributed by atoms with Crippen LogP contribution < -0.4 is 5.30 Å². The predicted octanol–water partition coefficient (Wildman–Crippen LogP) is 1.27. The molecule has 2 N–H and O–H groups in total. The first-order valence-corrected chi connectivity index (χ1v) is 5.90. The van der Waals surface area contributed by atoms with Crippen molar-refractivity contribution in [3.8, 4) is 0 Å². The number of aryl methyl sites for hydroxylation is 1. The van der Waals surface area contributed by atoms with E-state index in [0.717, 1.165) is 0 Å². The van der Waals surface area contributed by atoms with E-state index in [1.807, 2.05) is 0 Å². The molecule has 0 aliphatic carbocycles. The molecule has 0 heterocycles. The molecule has 0 bridgehead atoms. The van der Waals surface area contributed by atoms with Crippen LogP contribution in [0.4, 0.5) is 0 Å². The van der Waals surface area contributed by atoms with Gasteiger partial charge in [-0.1, -0.05) is 18.2 Å². The molecule has 1 aromatic carbocycles. The van der Waals surface area contributed by atoms with Crippen molar-refractivity contribution in [1.82, 2.24) is 0 Å². The van der Waals surface area contributed by atoms with Gasteiger partial charge in [-0.15, -0.1) is 11.6 Å². The Hall–Kier alpha value is -0.340. The summed E-state index contributed by atoms with van der Waals surface area (Å²) in [4.78, 5) is 17.9. The maximum Gasteiger partial charge on any atom is 0.356 e. The summed E-state index contributed by atoms with van der Waals surface area (Å²) >= 11 is 5.51. The highest BCUT2D eigenvalue weighted by Crippen LogP contribution is 2.34. The quantitative estimate of drug-likeness (QED) is 0.596. The van der Waals surface area contributed by atoms with E-state index in [-0.39, 0.29) is 5.30 Å². The SMILES string of the molecule is O=P(O)(O)c1ccccc1CCCl. The minimum atomic E-state index is -4.14.